The predicted molar refractivity (Wildman–Crippen MR) is 103 cm³/mol. The molecule has 152 valence electrons. The third kappa shape index (κ3) is 4.71. The summed E-state index contributed by atoms with van der Waals surface area (Å²) in [7, 11) is 0. The molecule has 0 saturated carbocycles. The molecule has 0 saturated heterocycles. The summed E-state index contributed by atoms with van der Waals surface area (Å²) < 4.78 is 44.4. The number of rotatable bonds is 6. The van der Waals surface area contributed by atoms with E-state index >= 15 is 0 Å². The summed E-state index contributed by atoms with van der Waals surface area (Å²) in [6, 6.07) is 9.80. The van der Waals surface area contributed by atoms with Crippen LogP contribution in [0.25, 0.3) is 0 Å². The molecule has 1 N–H and O–H groups in total. The molecular formula is C20H17ClF3N3O2. The quantitative estimate of drug-likeness (QED) is 0.593. The highest BCUT2D eigenvalue weighted by Gasteiger charge is 2.19. The highest BCUT2D eigenvalue weighted by molar-refractivity contribution is 6.31. The Morgan fingerprint density at radius 3 is 2.66 bits per heavy atom. The van der Waals surface area contributed by atoms with Crippen LogP contribution in [0.4, 0.5) is 18.9 Å². The average Bonchev–Trinajstić information content (AvgIpc) is 2.91. The first-order valence-corrected chi connectivity index (χ1v) is 8.97. The molecule has 0 unspecified atom stereocenters. The minimum absolute atomic E-state index is 0.0269. The van der Waals surface area contributed by atoms with Crippen LogP contribution in [0, 0.1) is 19.7 Å². The molecular weight excluding hydrogens is 407 g/mol. The van der Waals surface area contributed by atoms with Gasteiger partial charge in [-0.3, -0.25) is 9.48 Å². The molecule has 3 rings (SSSR count). The molecule has 0 aliphatic carbocycles. The first-order chi connectivity index (χ1) is 13.8. The summed E-state index contributed by atoms with van der Waals surface area (Å²) in [5, 5.41) is 7.35. The normalized spacial score (nSPS) is 11.0. The second-order valence-electron chi connectivity index (χ2n) is 6.27. The molecule has 0 atom stereocenters. The largest absolute Gasteiger partial charge is 0.434 e. The average molecular weight is 424 g/mol. The van der Waals surface area contributed by atoms with Gasteiger partial charge in [0.1, 0.15) is 11.6 Å². The number of carbonyl (C=O) groups is 1. The van der Waals surface area contributed by atoms with Crippen molar-refractivity contribution < 1.29 is 22.7 Å². The van der Waals surface area contributed by atoms with E-state index in [-0.39, 0.29) is 22.9 Å². The Labute approximate surface area is 170 Å². The molecule has 0 spiro atoms. The zero-order chi connectivity index (χ0) is 21.1. The SMILES string of the molecule is Cc1nn(Cc2ccc(F)cc2Cl)c(C)c1NC(=O)c1ccccc1OC(F)F. The van der Waals surface area contributed by atoms with Crippen LogP contribution in [0.2, 0.25) is 5.02 Å². The number of para-hydroxylation sites is 1. The van der Waals surface area contributed by atoms with E-state index in [0.29, 0.717) is 22.6 Å². The highest BCUT2D eigenvalue weighted by atomic mass is 35.5. The maximum atomic E-state index is 13.2. The summed E-state index contributed by atoms with van der Waals surface area (Å²) >= 11 is 6.08. The fourth-order valence-electron chi connectivity index (χ4n) is 2.88. The number of hydrogen-bond acceptors (Lipinski definition) is 3. The number of aromatic nitrogens is 2. The third-order valence-corrected chi connectivity index (χ3v) is 4.65. The van der Waals surface area contributed by atoms with Crippen molar-refractivity contribution in [2.75, 3.05) is 5.32 Å². The van der Waals surface area contributed by atoms with Gasteiger partial charge >= 0.3 is 6.61 Å². The summed E-state index contributed by atoms with van der Waals surface area (Å²) in [6.45, 7) is 0.671. The number of anilines is 1. The van der Waals surface area contributed by atoms with Crippen molar-refractivity contribution in [3.8, 4) is 5.75 Å². The lowest BCUT2D eigenvalue weighted by molar-refractivity contribution is -0.0501. The van der Waals surface area contributed by atoms with Crippen molar-refractivity contribution in [1.29, 1.82) is 0 Å². The van der Waals surface area contributed by atoms with E-state index in [1.807, 2.05) is 0 Å². The molecule has 0 radical (unpaired) electrons. The summed E-state index contributed by atoms with van der Waals surface area (Å²) in [5.41, 5.74) is 2.23. The van der Waals surface area contributed by atoms with Crippen molar-refractivity contribution >= 4 is 23.2 Å². The standard InChI is InChI=1S/C20H17ClF3N3O2/c1-11-18(25-19(28)15-5-3-4-6-17(15)29-20(23)24)12(2)27(26-11)10-13-7-8-14(22)9-16(13)21/h3-9,20H,10H2,1-2H3,(H,25,28). The van der Waals surface area contributed by atoms with E-state index in [1.165, 1.54) is 30.3 Å². The molecule has 0 aliphatic heterocycles. The van der Waals surface area contributed by atoms with Crippen LogP contribution in [0.5, 0.6) is 5.75 Å². The predicted octanol–water partition coefficient (Wildman–Crippen LogP) is 5.19. The summed E-state index contributed by atoms with van der Waals surface area (Å²) in [6.07, 6.45) is 0. The van der Waals surface area contributed by atoms with Gasteiger partial charge in [0.15, 0.2) is 0 Å². The van der Waals surface area contributed by atoms with Crippen molar-refractivity contribution in [2.24, 2.45) is 0 Å². The minimum Gasteiger partial charge on any atom is -0.434 e. The number of nitrogens with one attached hydrogen (secondary N) is 1. The summed E-state index contributed by atoms with van der Waals surface area (Å²) in [4.78, 5) is 12.6. The van der Waals surface area contributed by atoms with Gasteiger partial charge in [0.05, 0.1) is 29.2 Å². The van der Waals surface area contributed by atoms with Crippen molar-refractivity contribution in [3.05, 3.63) is 75.8 Å². The Hall–Kier alpha value is -3.00. The van der Waals surface area contributed by atoms with Crippen LogP contribution >= 0.6 is 11.6 Å². The van der Waals surface area contributed by atoms with Gasteiger partial charge in [-0.2, -0.15) is 13.9 Å². The molecule has 0 aliphatic rings. The number of ether oxygens (including phenoxy) is 1. The number of aryl methyl sites for hydroxylation is 1. The van der Waals surface area contributed by atoms with Gasteiger partial charge in [0, 0.05) is 5.02 Å². The van der Waals surface area contributed by atoms with Crippen LogP contribution in [-0.4, -0.2) is 22.3 Å². The minimum atomic E-state index is -3.05. The Kier molecular flexibility index (Phi) is 6.12. The topological polar surface area (TPSA) is 56.2 Å². The molecule has 0 bridgehead atoms. The molecule has 5 nitrogen and oxygen atoms in total. The van der Waals surface area contributed by atoms with Gasteiger partial charge < -0.3 is 10.1 Å². The van der Waals surface area contributed by atoms with Gasteiger partial charge in [-0.25, -0.2) is 4.39 Å². The zero-order valence-electron chi connectivity index (χ0n) is 15.5. The van der Waals surface area contributed by atoms with Gasteiger partial charge in [0.25, 0.3) is 5.91 Å². The Morgan fingerprint density at radius 2 is 1.97 bits per heavy atom. The van der Waals surface area contributed by atoms with E-state index in [2.05, 4.69) is 15.2 Å². The van der Waals surface area contributed by atoms with E-state index in [1.54, 1.807) is 30.7 Å². The number of alkyl halides is 2. The van der Waals surface area contributed by atoms with E-state index < -0.39 is 18.3 Å². The van der Waals surface area contributed by atoms with E-state index in [9.17, 15) is 18.0 Å². The molecule has 3 aromatic rings. The van der Waals surface area contributed by atoms with Crippen LogP contribution in [-0.2, 0) is 6.54 Å². The van der Waals surface area contributed by atoms with E-state index in [0.717, 1.165) is 0 Å². The molecule has 1 heterocycles. The number of carbonyl (C=O) groups excluding carboxylic acids is 1. The number of benzene rings is 2. The molecule has 9 heteroatoms. The zero-order valence-corrected chi connectivity index (χ0v) is 16.3. The van der Waals surface area contributed by atoms with Crippen LogP contribution in [0.1, 0.15) is 27.3 Å². The first kappa shape index (κ1) is 20.7. The lowest BCUT2D eigenvalue weighted by Crippen LogP contribution is -2.16. The van der Waals surface area contributed by atoms with Crippen molar-refractivity contribution in [3.63, 3.8) is 0 Å². The highest BCUT2D eigenvalue weighted by Crippen LogP contribution is 2.26. The maximum Gasteiger partial charge on any atom is 0.387 e. The molecule has 1 amide bonds. The molecule has 29 heavy (non-hydrogen) atoms. The monoisotopic (exact) mass is 423 g/mol. The van der Waals surface area contributed by atoms with E-state index in [4.69, 9.17) is 11.6 Å². The lowest BCUT2D eigenvalue weighted by atomic mass is 10.1. The molecule has 2 aromatic carbocycles. The fourth-order valence-corrected chi connectivity index (χ4v) is 3.10. The molecule has 0 fully saturated rings. The molecule has 1 aromatic heterocycles. The number of hydrogen-bond donors (Lipinski definition) is 1. The summed E-state index contributed by atoms with van der Waals surface area (Å²) in [5.74, 6) is -1.27. The number of nitrogens with zero attached hydrogens (tertiary/aromatic N) is 2. The Morgan fingerprint density at radius 1 is 1.24 bits per heavy atom. The number of halogens is 4. The van der Waals surface area contributed by atoms with Gasteiger partial charge in [-0.05, 0) is 43.7 Å². The lowest BCUT2D eigenvalue weighted by Gasteiger charge is -2.11. The van der Waals surface area contributed by atoms with Crippen molar-refractivity contribution in [2.45, 2.75) is 27.0 Å². The smallest absolute Gasteiger partial charge is 0.387 e. The third-order valence-electron chi connectivity index (χ3n) is 4.30. The van der Waals surface area contributed by atoms with Gasteiger partial charge in [-0.15, -0.1) is 0 Å². The van der Waals surface area contributed by atoms with Crippen molar-refractivity contribution in [1.82, 2.24) is 9.78 Å². The van der Waals surface area contributed by atoms with Crippen LogP contribution < -0.4 is 10.1 Å². The fraction of sp³-hybridized carbons (Fsp3) is 0.200. The second kappa shape index (κ2) is 8.57. The van der Waals surface area contributed by atoms with Crippen LogP contribution in [0.15, 0.2) is 42.5 Å². The second-order valence-corrected chi connectivity index (χ2v) is 6.68. The maximum absolute atomic E-state index is 13.2. The Balaban J connectivity index is 1.85. The Bertz CT molecular complexity index is 1050. The first-order valence-electron chi connectivity index (χ1n) is 8.59. The van der Waals surface area contributed by atoms with Gasteiger partial charge in [-0.1, -0.05) is 29.8 Å². The van der Waals surface area contributed by atoms with Gasteiger partial charge in [0.2, 0.25) is 0 Å². The number of amides is 1. The van der Waals surface area contributed by atoms with Crippen LogP contribution in [0.3, 0.4) is 0 Å².